The molecule has 2 aromatic heterocycles. The number of halogens is 1. The second-order valence-electron chi connectivity index (χ2n) is 4.34. The van der Waals surface area contributed by atoms with Crippen LogP contribution < -0.4 is 5.32 Å². The highest BCUT2D eigenvalue weighted by molar-refractivity contribution is 6.31. The van der Waals surface area contributed by atoms with Crippen LogP contribution in [-0.4, -0.2) is 27.8 Å². The topological polar surface area (TPSA) is 88.2 Å². The largest absolute Gasteiger partial charge is 0.480 e. The number of nitrogens with zero attached hydrogens (tertiary/aromatic N) is 2. The molecule has 0 amide bonds. The lowest BCUT2D eigenvalue weighted by Gasteiger charge is -2.07. The van der Waals surface area contributed by atoms with Crippen LogP contribution in [-0.2, 0) is 17.6 Å². The van der Waals surface area contributed by atoms with Gasteiger partial charge in [0, 0.05) is 12.3 Å². The molecule has 2 heterocycles. The Bertz CT molecular complexity index is 613. The van der Waals surface area contributed by atoms with Crippen LogP contribution in [0, 0.1) is 6.92 Å². The molecule has 0 aliphatic heterocycles. The Morgan fingerprint density at radius 2 is 2.25 bits per heavy atom. The van der Waals surface area contributed by atoms with Crippen LogP contribution in [0.5, 0.6) is 0 Å². The highest BCUT2D eigenvalue weighted by atomic mass is 35.5. The zero-order valence-corrected chi connectivity index (χ0v) is 11.6. The first-order valence-electron chi connectivity index (χ1n) is 6.07. The molecule has 0 saturated carbocycles. The summed E-state index contributed by atoms with van der Waals surface area (Å²) in [7, 11) is 0. The van der Waals surface area contributed by atoms with Crippen molar-refractivity contribution in [2.75, 3.05) is 11.9 Å². The summed E-state index contributed by atoms with van der Waals surface area (Å²) < 4.78 is 5.00. The monoisotopic (exact) mass is 295 g/mol. The van der Waals surface area contributed by atoms with Gasteiger partial charge in [0.15, 0.2) is 0 Å². The van der Waals surface area contributed by atoms with Crippen LogP contribution in [0.25, 0.3) is 0 Å². The van der Waals surface area contributed by atoms with Gasteiger partial charge in [-0.3, -0.25) is 4.79 Å². The van der Waals surface area contributed by atoms with Crippen LogP contribution in [0.3, 0.4) is 0 Å². The molecule has 0 atom stereocenters. The summed E-state index contributed by atoms with van der Waals surface area (Å²) in [5.74, 6) is 0.314. The first-order chi connectivity index (χ1) is 9.54. The fourth-order valence-electron chi connectivity index (χ4n) is 1.73. The molecule has 2 rings (SSSR count). The van der Waals surface area contributed by atoms with E-state index < -0.39 is 5.97 Å². The van der Waals surface area contributed by atoms with Crippen LogP contribution in [0.2, 0.25) is 5.02 Å². The van der Waals surface area contributed by atoms with E-state index in [4.69, 9.17) is 21.2 Å². The van der Waals surface area contributed by atoms with Gasteiger partial charge in [-0.2, -0.15) is 0 Å². The molecule has 0 saturated heterocycles. The van der Waals surface area contributed by atoms with Gasteiger partial charge in [-0.1, -0.05) is 16.8 Å². The van der Waals surface area contributed by atoms with Gasteiger partial charge >= 0.3 is 5.97 Å². The lowest BCUT2D eigenvalue weighted by Crippen LogP contribution is -2.13. The van der Waals surface area contributed by atoms with Crippen LogP contribution in [0.15, 0.2) is 22.9 Å². The van der Waals surface area contributed by atoms with E-state index in [1.807, 2.05) is 13.0 Å². The van der Waals surface area contributed by atoms with E-state index in [1.165, 1.54) is 6.20 Å². The first kappa shape index (κ1) is 14.3. The van der Waals surface area contributed by atoms with Gasteiger partial charge in [-0.05, 0) is 31.4 Å². The summed E-state index contributed by atoms with van der Waals surface area (Å²) >= 11 is 6.08. The van der Waals surface area contributed by atoms with Crippen molar-refractivity contribution < 1.29 is 14.4 Å². The Labute approximate surface area is 120 Å². The molecule has 0 unspecified atom stereocenters. The summed E-state index contributed by atoms with van der Waals surface area (Å²) in [4.78, 5) is 14.5. The number of anilines is 1. The number of aryl methyl sites for hydroxylation is 3. The molecule has 0 aromatic carbocycles. The molecule has 20 heavy (non-hydrogen) atoms. The Hall–Kier alpha value is -2.08. The normalized spacial score (nSPS) is 10.5. The van der Waals surface area contributed by atoms with Crippen molar-refractivity contribution in [3.63, 3.8) is 0 Å². The molecule has 0 radical (unpaired) electrons. The van der Waals surface area contributed by atoms with E-state index in [0.717, 1.165) is 17.0 Å². The lowest BCUT2D eigenvalue weighted by atomic mass is 10.1. The predicted molar refractivity (Wildman–Crippen MR) is 74.0 cm³/mol. The fraction of sp³-hybridized carbons (Fsp3) is 0.308. The molecule has 0 aliphatic rings. The zero-order chi connectivity index (χ0) is 14.5. The molecule has 0 bridgehead atoms. The Kier molecular flexibility index (Phi) is 4.57. The number of rotatable bonds is 6. The molecule has 7 heteroatoms. The number of aliphatic carboxylic acids is 1. The smallest absolute Gasteiger partial charge is 0.322 e. The second kappa shape index (κ2) is 6.38. The van der Waals surface area contributed by atoms with E-state index in [0.29, 0.717) is 23.7 Å². The third-order valence-electron chi connectivity index (χ3n) is 2.68. The number of nitrogens with one attached hydrogen (secondary N) is 1. The zero-order valence-electron chi connectivity index (χ0n) is 10.9. The second-order valence-corrected chi connectivity index (χ2v) is 4.74. The van der Waals surface area contributed by atoms with Crippen molar-refractivity contribution in [3.05, 3.63) is 40.4 Å². The molecule has 0 spiro atoms. The van der Waals surface area contributed by atoms with Gasteiger partial charge in [0.05, 0.1) is 10.7 Å². The molecule has 6 nitrogen and oxygen atoms in total. The number of hydrogen-bond acceptors (Lipinski definition) is 5. The van der Waals surface area contributed by atoms with Crippen molar-refractivity contribution in [2.24, 2.45) is 0 Å². The van der Waals surface area contributed by atoms with Gasteiger partial charge in [-0.15, -0.1) is 0 Å². The number of aromatic nitrogens is 2. The Balaban J connectivity index is 2.02. The van der Waals surface area contributed by atoms with Crippen molar-refractivity contribution in [2.45, 2.75) is 19.8 Å². The fourth-order valence-corrected chi connectivity index (χ4v) is 1.93. The third kappa shape index (κ3) is 3.96. The number of carboxylic acid groups (broad SMARTS) is 1. The van der Waals surface area contributed by atoms with Crippen LogP contribution in [0.4, 0.5) is 5.82 Å². The summed E-state index contributed by atoms with van der Waals surface area (Å²) in [6.45, 7) is 1.65. The molecule has 106 valence electrons. The summed E-state index contributed by atoms with van der Waals surface area (Å²) in [6, 6.07) is 3.62. The summed E-state index contributed by atoms with van der Waals surface area (Å²) in [5.41, 5.74) is 1.74. The van der Waals surface area contributed by atoms with Gasteiger partial charge in [0.25, 0.3) is 0 Å². The molecule has 0 aliphatic carbocycles. The average molecular weight is 296 g/mol. The third-order valence-corrected chi connectivity index (χ3v) is 3.02. The minimum Gasteiger partial charge on any atom is -0.480 e. The minimum atomic E-state index is -0.943. The molecular formula is C13H14ClN3O3. The number of carbonyl (C=O) groups is 1. The number of carboxylic acids is 1. The molecular weight excluding hydrogens is 282 g/mol. The predicted octanol–water partition coefficient (Wildman–Crippen LogP) is 2.31. The SMILES string of the molecule is Cc1cc(CCc2cc(NCC(=O)O)ncc2Cl)no1. The molecule has 2 aromatic rings. The van der Waals surface area contributed by atoms with Crippen molar-refractivity contribution in [1.82, 2.24) is 10.1 Å². The van der Waals surface area contributed by atoms with Crippen molar-refractivity contribution in [1.29, 1.82) is 0 Å². The maximum absolute atomic E-state index is 10.5. The van der Waals surface area contributed by atoms with Crippen molar-refractivity contribution in [3.8, 4) is 0 Å². The van der Waals surface area contributed by atoms with Crippen molar-refractivity contribution >= 4 is 23.4 Å². The molecule has 0 fully saturated rings. The van der Waals surface area contributed by atoms with Gasteiger partial charge < -0.3 is 14.9 Å². The van der Waals surface area contributed by atoms with Crippen LogP contribution in [0.1, 0.15) is 17.0 Å². The lowest BCUT2D eigenvalue weighted by molar-refractivity contribution is -0.134. The number of hydrogen-bond donors (Lipinski definition) is 2. The standard InChI is InChI=1S/C13H14ClN3O3/c1-8-4-10(17-20-8)3-2-9-5-12(15-6-11(9)14)16-7-13(18)19/h4-6H,2-3,7H2,1H3,(H,15,16)(H,18,19). The first-order valence-corrected chi connectivity index (χ1v) is 6.44. The maximum atomic E-state index is 10.5. The van der Waals surface area contributed by atoms with E-state index in [1.54, 1.807) is 6.07 Å². The maximum Gasteiger partial charge on any atom is 0.322 e. The average Bonchev–Trinajstić information content (AvgIpc) is 2.82. The number of pyridine rings is 1. The summed E-state index contributed by atoms with van der Waals surface area (Å²) in [5, 5.41) is 15.8. The summed E-state index contributed by atoms with van der Waals surface area (Å²) in [6.07, 6.45) is 2.88. The van der Waals surface area contributed by atoms with Crippen LogP contribution >= 0.6 is 11.6 Å². The highest BCUT2D eigenvalue weighted by Crippen LogP contribution is 2.20. The van der Waals surface area contributed by atoms with E-state index in [9.17, 15) is 4.79 Å². The van der Waals surface area contributed by atoms with E-state index in [2.05, 4.69) is 15.5 Å². The Morgan fingerprint density at radius 3 is 2.90 bits per heavy atom. The van der Waals surface area contributed by atoms with Gasteiger partial charge in [0.2, 0.25) is 0 Å². The van der Waals surface area contributed by atoms with E-state index >= 15 is 0 Å². The Morgan fingerprint density at radius 1 is 1.45 bits per heavy atom. The van der Waals surface area contributed by atoms with Gasteiger partial charge in [0.1, 0.15) is 18.1 Å². The quantitative estimate of drug-likeness (QED) is 0.850. The minimum absolute atomic E-state index is 0.184. The van der Waals surface area contributed by atoms with Gasteiger partial charge in [-0.25, -0.2) is 4.98 Å². The van der Waals surface area contributed by atoms with E-state index in [-0.39, 0.29) is 6.54 Å². The highest BCUT2D eigenvalue weighted by Gasteiger charge is 2.07. The molecule has 2 N–H and O–H groups in total.